The smallest absolute Gasteiger partial charge is 0.318 e. The van der Waals surface area contributed by atoms with Gasteiger partial charge < -0.3 is 15.1 Å². The molecule has 7 nitrogen and oxygen atoms in total. The van der Waals surface area contributed by atoms with Crippen LogP contribution in [0.5, 0.6) is 0 Å². The highest BCUT2D eigenvalue weighted by Crippen LogP contribution is 2.33. The van der Waals surface area contributed by atoms with Crippen LogP contribution in [0.2, 0.25) is 0 Å². The second kappa shape index (κ2) is 7.45. The third-order valence-electron chi connectivity index (χ3n) is 5.49. The minimum atomic E-state index is -0.0142. The molecule has 0 saturated carbocycles. The number of carbonyl (C=O) groups is 2. The second-order valence-corrected chi connectivity index (χ2v) is 7.37. The predicted octanol–water partition coefficient (Wildman–Crippen LogP) is 2.27. The zero-order valence-electron chi connectivity index (χ0n) is 15.5. The maximum Gasteiger partial charge on any atom is 0.318 e. The molecule has 25 heavy (non-hydrogen) atoms. The number of aryl methyl sites for hydroxylation is 2. The number of likely N-dealkylation sites (tertiary alicyclic amines) is 2. The number of hydrogen-bond donors (Lipinski definition) is 2. The molecule has 0 bridgehead atoms. The van der Waals surface area contributed by atoms with E-state index in [0.717, 1.165) is 55.6 Å². The molecular formula is C18H29N5O2. The van der Waals surface area contributed by atoms with Gasteiger partial charge in [0, 0.05) is 43.9 Å². The largest absolute Gasteiger partial charge is 0.344 e. The summed E-state index contributed by atoms with van der Waals surface area (Å²) in [6.07, 6.45) is 5.50. The normalized spacial score (nSPS) is 25.0. The van der Waals surface area contributed by atoms with Crippen molar-refractivity contribution < 1.29 is 9.59 Å². The van der Waals surface area contributed by atoms with Crippen molar-refractivity contribution in [1.29, 1.82) is 0 Å². The van der Waals surface area contributed by atoms with E-state index in [1.807, 2.05) is 18.7 Å². The average molecular weight is 347 g/mol. The molecule has 0 spiro atoms. The van der Waals surface area contributed by atoms with E-state index >= 15 is 0 Å². The molecule has 2 aliphatic rings. The predicted molar refractivity (Wildman–Crippen MR) is 95.2 cm³/mol. The monoisotopic (exact) mass is 347 g/mol. The summed E-state index contributed by atoms with van der Waals surface area (Å²) in [6, 6.07) is 0.0921. The van der Waals surface area contributed by atoms with Crippen LogP contribution in [-0.4, -0.2) is 58.1 Å². The van der Waals surface area contributed by atoms with Crippen molar-refractivity contribution in [3.8, 4) is 0 Å². The number of piperidine rings is 1. The Morgan fingerprint density at radius 3 is 2.72 bits per heavy atom. The number of aromatic amines is 1. The fraction of sp³-hybridized carbons (Fsp3) is 0.722. The zero-order chi connectivity index (χ0) is 18.0. The van der Waals surface area contributed by atoms with Crippen molar-refractivity contribution in [2.24, 2.45) is 0 Å². The number of amides is 3. The molecule has 7 heteroatoms. The van der Waals surface area contributed by atoms with Crippen molar-refractivity contribution >= 4 is 11.9 Å². The lowest BCUT2D eigenvalue weighted by Crippen LogP contribution is -2.52. The molecule has 0 unspecified atom stereocenters. The van der Waals surface area contributed by atoms with E-state index in [-0.39, 0.29) is 24.0 Å². The first-order chi connectivity index (χ1) is 12.0. The van der Waals surface area contributed by atoms with Gasteiger partial charge in [0.15, 0.2) is 0 Å². The number of likely N-dealkylation sites (N-methyl/N-ethyl adjacent to an activating group) is 1. The van der Waals surface area contributed by atoms with Gasteiger partial charge in [-0.25, -0.2) is 4.79 Å². The van der Waals surface area contributed by atoms with E-state index in [1.165, 1.54) is 0 Å². The topological polar surface area (TPSA) is 81.3 Å². The first kappa shape index (κ1) is 17.8. The molecule has 1 aromatic heterocycles. The summed E-state index contributed by atoms with van der Waals surface area (Å²) in [5, 5.41) is 10.5. The van der Waals surface area contributed by atoms with Crippen LogP contribution < -0.4 is 5.32 Å². The minimum Gasteiger partial charge on any atom is -0.344 e. The molecule has 2 saturated heterocycles. The van der Waals surface area contributed by atoms with Gasteiger partial charge in [0.1, 0.15) is 0 Å². The van der Waals surface area contributed by atoms with E-state index in [2.05, 4.69) is 15.5 Å². The van der Waals surface area contributed by atoms with Crippen LogP contribution in [-0.2, 0) is 4.79 Å². The standard InChI is InChI=1S/C18H29N5O2/c1-12-17(13(2)21-20-12)15-7-5-4-6-10-23(15)18(25)19-14-8-9-16(24)22(3)11-14/h14-15H,4-11H2,1-3H3,(H,19,25)(H,20,21)/t14-,15+/m1/s1. The molecule has 138 valence electrons. The van der Waals surface area contributed by atoms with Crippen molar-refractivity contribution in [1.82, 2.24) is 25.3 Å². The van der Waals surface area contributed by atoms with Crippen LogP contribution in [0.4, 0.5) is 4.79 Å². The number of urea groups is 1. The lowest BCUT2D eigenvalue weighted by molar-refractivity contribution is -0.132. The molecular weight excluding hydrogens is 318 g/mol. The maximum atomic E-state index is 13.0. The van der Waals surface area contributed by atoms with Gasteiger partial charge in [0.05, 0.1) is 11.7 Å². The Morgan fingerprint density at radius 2 is 2.04 bits per heavy atom. The number of rotatable bonds is 2. The van der Waals surface area contributed by atoms with E-state index in [9.17, 15) is 9.59 Å². The summed E-state index contributed by atoms with van der Waals surface area (Å²) in [7, 11) is 1.80. The number of carbonyl (C=O) groups excluding carboxylic acids is 2. The van der Waals surface area contributed by atoms with Crippen molar-refractivity contribution in [3.63, 3.8) is 0 Å². The van der Waals surface area contributed by atoms with Crippen LogP contribution >= 0.6 is 0 Å². The molecule has 3 heterocycles. The second-order valence-electron chi connectivity index (χ2n) is 7.37. The molecule has 2 fully saturated rings. The van der Waals surface area contributed by atoms with Gasteiger partial charge in [-0.3, -0.25) is 9.89 Å². The average Bonchev–Trinajstić information content (AvgIpc) is 2.77. The number of nitrogens with zero attached hydrogens (tertiary/aromatic N) is 3. The number of H-pyrrole nitrogens is 1. The molecule has 0 aliphatic carbocycles. The number of aromatic nitrogens is 2. The quantitative estimate of drug-likeness (QED) is 0.861. The third kappa shape index (κ3) is 3.80. The van der Waals surface area contributed by atoms with Crippen LogP contribution in [0.15, 0.2) is 0 Å². The molecule has 2 N–H and O–H groups in total. The Bertz CT molecular complexity index is 622. The highest BCUT2D eigenvalue weighted by Gasteiger charge is 2.32. The van der Waals surface area contributed by atoms with E-state index < -0.39 is 0 Å². The summed E-state index contributed by atoms with van der Waals surface area (Å²) in [5.41, 5.74) is 3.18. The molecule has 0 radical (unpaired) electrons. The van der Waals surface area contributed by atoms with Gasteiger partial charge >= 0.3 is 6.03 Å². The van der Waals surface area contributed by atoms with Crippen molar-refractivity contribution in [3.05, 3.63) is 17.0 Å². The van der Waals surface area contributed by atoms with Crippen LogP contribution in [0.3, 0.4) is 0 Å². The van der Waals surface area contributed by atoms with Gasteiger partial charge in [0.25, 0.3) is 0 Å². The Hall–Kier alpha value is -2.05. The first-order valence-corrected chi connectivity index (χ1v) is 9.30. The van der Waals surface area contributed by atoms with Gasteiger partial charge in [0.2, 0.25) is 5.91 Å². The third-order valence-corrected chi connectivity index (χ3v) is 5.49. The highest BCUT2D eigenvalue weighted by atomic mass is 16.2. The first-order valence-electron chi connectivity index (χ1n) is 9.30. The molecule has 2 aliphatic heterocycles. The van der Waals surface area contributed by atoms with E-state index in [0.29, 0.717) is 13.0 Å². The van der Waals surface area contributed by atoms with Gasteiger partial charge in [-0.15, -0.1) is 0 Å². The molecule has 1 aromatic rings. The SMILES string of the molecule is Cc1n[nH]c(C)c1[C@@H]1CCCCCN1C(=O)N[C@@H]1CCC(=O)N(C)C1. The lowest BCUT2D eigenvalue weighted by Gasteiger charge is -2.35. The molecule has 0 aromatic carbocycles. The van der Waals surface area contributed by atoms with Crippen molar-refractivity contribution in [2.75, 3.05) is 20.1 Å². The van der Waals surface area contributed by atoms with Gasteiger partial charge in [-0.1, -0.05) is 12.8 Å². The fourth-order valence-corrected chi connectivity index (χ4v) is 4.09. The zero-order valence-corrected chi connectivity index (χ0v) is 15.5. The molecule has 3 amide bonds. The summed E-state index contributed by atoms with van der Waals surface area (Å²) in [4.78, 5) is 28.4. The summed E-state index contributed by atoms with van der Waals surface area (Å²) in [5.74, 6) is 0.155. The molecule has 3 rings (SSSR count). The Kier molecular flexibility index (Phi) is 5.30. The lowest BCUT2D eigenvalue weighted by atomic mass is 9.99. The maximum absolute atomic E-state index is 13.0. The van der Waals surface area contributed by atoms with E-state index in [1.54, 1.807) is 11.9 Å². The Balaban J connectivity index is 1.75. The van der Waals surface area contributed by atoms with Crippen LogP contribution in [0.25, 0.3) is 0 Å². The summed E-state index contributed by atoms with van der Waals surface area (Å²) in [6.45, 7) is 5.38. The molecule has 2 atom stereocenters. The Labute approximate surface area is 149 Å². The number of hydrogen-bond acceptors (Lipinski definition) is 3. The van der Waals surface area contributed by atoms with Crippen LogP contribution in [0, 0.1) is 13.8 Å². The van der Waals surface area contributed by atoms with E-state index in [4.69, 9.17) is 0 Å². The van der Waals surface area contributed by atoms with Crippen LogP contribution in [0.1, 0.15) is 61.5 Å². The number of nitrogens with one attached hydrogen (secondary N) is 2. The summed E-state index contributed by atoms with van der Waals surface area (Å²) < 4.78 is 0. The summed E-state index contributed by atoms with van der Waals surface area (Å²) >= 11 is 0. The van der Waals surface area contributed by atoms with Crippen molar-refractivity contribution in [2.45, 2.75) is 64.5 Å². The Morgan fingerprint density at radius 1 is 1.24 bits per heavy atom. The highest BCUT2D eigenvalue weighted by molar-refractivity contribution is 5.78. The fourth-order valence-electron chi connectivity index (χ4n) is 4.09. The van der Waals surface area contributed by atoms with Gasteiger partial charge in [-0.2, -0.15) is 5.10 Å². The van der Waals surface area contributed by atoms with Gasteiger partial charge in [-0.05, 0) is 33.1 Å². The minimum absolute atomic E-state index is 0.0142.